The van der Waals surface area contributed by atoms with Gasteiger partial charge < -0.3 is 5.32 Å². The predicted molar refractivity (Wildman–Crippen MR) is 81.9 cm³/mol. The summed E-state index contributed by atoms with van der Waals surface area (Å²) >= 11 is 3.48. The van der Waals surface area contributed by atoms with E-state index in [1.54, 1.807) is 0 Å². The summed E-state index contributed by atoms with van der Waals surface area (Å²) in [5.74, 6) is 0. The molecule has 0 saturated heterocycles. The molecule has 1 heterocycles. The van der Waals surface area contributed by atoms with Crippen molar-refractivity contribution in [2.45, 2.75) is 39.4 Å². The van der Waals surface area contributed by atoms with Gasteiger partial charge in [0.05, 0.1) is 5.69 Å². The molecule has 19 heavy (non-hydrogen) atoms. The van der Waals surface area contributed by atoms with Gasteiger partial charge in [-0.3, -0.25) is 4.68 Å². The second-order valence-corrected chi connectivity index (χ2v) is 5.69. The van der Waals surface area contributed by atoms with E-state index in [4.69, 9.17) is 0 Å². The quantitative estimate of drug-likeness (QED) is 0.874. The Morgan fingerprint density at radius 3 is 2.89 bits per heavy atom. The summed E-state index contributed by atoms with van der Waals surface area (Å²) in [7, 11) is 0. The number of halogens is 1. The van der Waals surface area contributed by atoms with E-state index < -0.39 is 0 Å². The van der Waals surface area contributed by atoms with E-state index in [0.29, 0.717) is 6.04 Å². The van der Waals surface area contributed by atoms with Crippen molar-refractivity contribution in [3.8, 4) is 0 Å². The summed E-state index contributed by atoms with van der Waals surface area (Å²) in [5, 5.41) is 7.99. The number of benzene rings is 1. The lowest BCUT2D eigenvalue weighted by molar-refractivity contribution is 0.471. The van der Waals surface area contributed by atoms with Gasteiger partial charge in [0, 0.05) is 29.8 Å². The van der Waals surface area contributed by atoms with Crippen LogP contribution in [-0.2, 0) is 13.1 Å². The number of hydrogen-bond donors (Lipinski definition) is 1. The Labute approximate surface area is 123 Å². The summed E-state index contributed by atoms with van der Waals surface area (Å²) in [4.78, 5) is 0. The third-order valence-electron chi connectivity index (χ3n) is 3.23. The van der Waals surface area contributed by atoms with Gasteiger partial charge in [-0.25, -0.2) is 0 Å². The van der Waals surface area contributed by atoms with Crippen LogP contribution >= 0.6 is 15.9 Å². The standard InChI is InChI=1S/C15H20BrN3/c1-3-12(2)19-8-7-15(18-19)11-17-10-13-5-4-6-14(16)9-13/h4-9,12,17H,3,10-11H2,1-2H3. The van der Waals surface area contributed by atoms with E-state index >= 15 is 0 Å². The molecule has 0 aliphatic heterocycles. The van der Waals surface area contributed by atoms with Gasteiger partial charge in [0.2, 0.25) is 0 Å². The average molecular weight is 322 g/mol. The van der Waals surface area contributed by atoms with Crippen molar-refractivity contribution >= 4 is 15.9 Å². The van der Waals surface area contributed by atoms with E-state index in [-0.39, 0.29) is 0 Å². The van der Waals surface area contributed by atoms with Gasteiger partial charge in [0.25, 0.3) is 0 Å². The van der Waals surface area contributed by atoms with Gasteiger partial charge in [0.1, 0.15) is 0 Å². The molecule has 1 aromatic carbocycles. The zero-order valence-electron chi connectivity index (χ0n) is 11.4. The van der Waals surface area contributed by atoms with Gasteiger partial charge in [-0.1, -0.05) is 35.0 Å². The Morgan fingerprint density at radius 2 is 2.16 bits per heavy atom. The fourth-order valence-corrected chi connectivity index (χ4v) is 2.33. The first-order chi connectivity index (χ1) is 9.19. The van der Waals surface area contributed by atoms with E-state index in [2.05, 4.69) is 70.7 Å². The Hall–Kier alpha value is -1.13. The third kappa shape index (κ3) is 4.18. The molecule has 0 bridgehead atoms. The topological polar surface area (TPSA) is 29.9 Å². The summed E-state index contributed by atoms with van der Waals surface area (Å²) in [5.41, 5.74) is 2.37. The van der Waals surface area contributed by atoms with Crippen molar-refractivity contribution in [2.24, 2.45) is 0 Å². The van der Waals surface area contributed by atoms with Gasteiger partial charge in [-0.15, -0.1) is 0 Å². The minimum atomic E-state index is 0.471. The van der Waals surface area contributed by atoms with Crippen molar-refractivity contribution in [1.82, 2.24) is 15.1 Å². The second-order valence-electron chi connectivity index (χ2n) is 4.78. The molecule has 0 amide bonds. The molecule has 1 unspecified atom stereocenters. The molecule has 2 rings (SSSR count). The fraction of sp³-hybridized carbons (Fsp3) is 0.400. The molecule has 1 atom stereocenters. The Balaban J connectivity index is 1.84. The number of rotatable bonds is 6. The van der Waals surface area contributed by atoms with Crippen molar-refractivity contribution in [3.05, 3.63) is 52.3 Å². The highest BCUT2D eigenvalue weighted by atomic mass is 79.9. The monoisotopic (exact) mass is 321 g/mol. The molecule has 0 aliphatic carbocycles. The van der Waals surface area contributed by atoms with E-state index in [0.717, 1.165) is 29.7 Å². The molecule has 2 aromatic rings. The SMILES string of the molecule is CCC(C)n1ccc(CNCc2cccc(Br)c2)n1. The highest BCUT2D eigenvalue weighted by molar-refractivity contribution is 9.10. The van der Waals surface area contributed by atoms with Crippen LogP contribution in [0.15, 0.2) is 41.0 Å². The predicted octanol–water partition coefficient (Wildman–Crippen LogP) is 3.91. The van der Waals surface area contributed by atoms with Gasteiger partial charge >= 0.3 is 0 Å². The molecule has 102 valence electrons. The maximum Gasteiger partial charge on any atom is 0.0762 e. The minimum absolute atomic E-state index is 0.471. The van der Waals surface area contributed by atoms with Crippen molar-refractivity contribution in [1.29, 1.82) is 0 Å². The van der Waals surface area contributed by atoms with Gasteiger partial charge in [-0.05, 0) is 37.1 Å². The summed E-state index contributed by atoms with van der Waals surface area (Å²) < 4.78 is 3.16. The smallest absolute Gasteiger partial charge is 0.0762 e. The molecule has 0 fully saturated rings. The van der Waals surface area contributed by atoms with Crippen LogP contribution in [0.25, 0.3) is 0 Å². The number of hydrogen-bond acceptors (Lipinski definition) is 2. The normalized spacial score (nSPS) is 12.6. The Kier molecular flexibility index (Phi) is 5.16. The zero-order chi connectivity index (χ0) is 13.7. The fourth-order valence-electron chi connectivity index (χ4n) is 1.89. The molecule has 3 nitrogen and oxygen atoms in total. The van der Waals surface area contributed by atoms with E-state index in [1.807, 2.05) is 10.7 Å². The summed E-state index contributed by atoms with van der Waals surface area (Å²) in [6.45, 7) is 6.02. The van der Waals surface area contributed by atoms with Crippen LogP contribution in [0, 0.1) is 0 Å². The summed E-state index contributed by atoms with van der Waals surface area (Å²) in [6.07, 6.45) is 3.16. The number of aromatic nitrogens is 2. The lowest BCUT2D eigenvalue weighted by Gasteiger charge is -2.08. The van der Waals surface area contributed by atoms with Crippen LogP contribution < -0.4 is 5.32 Å². The molecule has 0 spiro atoms. The third-order valence-corrected chi connectivity index (χ3v) is 3.72. The van der Waals surface area contributed by atoms with Crippen molar-refractivity contribution < 1.29 is 0 Å². The van der Waals surface area contributed by atoms with Crippen LogP contribution in [-0.4, -0.2) is 9.78 Å². The minimum Gasteiger partial charge on any atom is -0.307 e. The highest BCUT2D eigenvalue weighted by Gasteiger charge is 2.04. The molecule has 0 radical (unpaired) electrons. The van der Waals surface area contributed by atoms with Crippen molar-refractivity contribution in [3.63, 3.8) is 0 Å². The largest absolute Gasteiger partial charge is 0.307 e. The first-order valence-corrected chi connectivity index (χ1v) is 7.47. The molecule has 4 heteroatoms. The maximum atomic E-state index is 4.57. The lowest BCUT2D eigenvalue weighted by atomic mass is 10.2. The number of nitrogens with zero attached hydrogens (tertiary/aromatic N) is 2. The van der Waals surface area contributed by atoms with Crippen LogP contribution in [0.4, 0.5) is 0 Å². The lowest BCUT2D eigenvalue weighted by Crippen LogP contribution is -2.14. The molecule has 1 N–H and O–H groups in total. The number of nitrogens with one attached hydrogen (secondary N) is 1. The molecule has 1 aromatic heterocycles. The van der Waals surface area contributed by atoms with E-state index in [9.17, 15) is 0 Å². The zero-order valence-corrected chi connectivity index (χ0v) is 13.0. The van der Waals surface area contributed by atoms with E-state index in [1.165, 1.54) is 5.56 Å². The first kappa shape index (κ1) is 14.3. The molecule has 0 saturated carbocycles. The van der Waals surface area contributed by atoms with Crippen LogP contribution in [0.3, 0.4) is 0 Å². The Bertz CT molecular complexity index is 522. The van der Waals surface area contributed by atoms with Crippen LogP contribution in [0.1, 0.15) is 37.6 Å². The first-order valence-electron chi connectivity index (χ1n) is 6.68. The van der Waals surface area contributed by atoms with Crippen molar-refractivity contribution in [2.75, 3.05) is 0 Å². The van der Waals surface area contributed by atoms with Crippen LogP contribution in [0.2, 0.25) is 0 Å². The molecular formula is C15H20BrN3. The molecule has 0 aliphatic rings. The van der Waals surface area contributed by atoms with Gasteiger partial charge in [-0.2, -0.15) is 5.10 Å². The second kappa shape index (κ2) is 6.87. The Morgan fingerprint density at radius 1 is 1.32 bits per heavy atom. The highest BCUT2D eigenvalue weighted by Crippen LogP contribution is 2.12. The average Bonchev–Trinajstić information content (AvgIpc) is 2.87. The molecular weight excluding hydrogens is 302 g/mol. The maximum absolute atomic E-state index is 4.57. The van der Waals surface area contributed by atoms with Gasteiger partial charge in [0.15, 0.2) is 0 Å². The summed E-state index contributed by atoms with van der Waals surface area (Å²) in [6, 6.07) is 10.9. The van der Waals surface area contributed by atoms with Crippen LogP contribution in [0.5, 0.6) is 0 Å².